The lowest BCUT2D eigenvalue weighted by molar-refractivity contribution is 0.270. The average molecular weight is 300 g/mol. The van der Waals surface area contributed by atoms with Gasteiger partial charge >= 0.3 is 0 Å². The molecule has 0 bridgehead atoms. The molecule has 1 nitrogen and oxygen atoms in total. The summed E-state index contributed by atoms with van der Waals surface area (Å²) < 4.78 is 0. The summed E-state index contributed by atoms with van der Waals surface area (Å²) in [6, 6.07) is 30.1. The van der Waals surface area contributed by atoms with Crippen LogP contribution < -0.4 is 0 Å². The molecule has 0 aromatic heterocycles. The Labute approximate surface area is 139 Å². The van der Waals surface area contributed by atoms with Crippen molar-refractivity contribution < 1.29 is 0 Å². The molecular weight excluding hydrogens is 278 g/mol. The molecule has 0 fully saturated rings. The van der Waals surface area contributed by atoms with Crippen molar-refractivity contribution in [3.05, 3.63) is 114 Å². The molecule has 0 unspecified atom stereocenters. The standard InChI is InChI=1S/C22H22N/c1-18-13-15-19(16-14-18)17-23(2)22(20-9-5-3-6-10-20)21-11-7-4-8-12-21/h3-16,22H,1,17H2,2H3. The molecule has 23 heavy (non-hydrogen) atoms. The van der Waals surface area contributed by atoms with E-state index < -0.39 is 0 Å². The van der Waals surface area contributed by atoms with Crippen molar-refractivity contribution in [2.75, 3.05) is 7.05 Å². The second kappa shape index (κ2) is 7.26. The molecule has 3 aromatic rings. The quantitative estimate of drug-likeness (QED) is 0.634. The molecule has 0 N–H and O–H groups in total. The maximum absolute atomic E-state index is 3.96. The first-order chi connectivity index (χ1) is 11.2. The van der Waals surface area contributed by atoms with Crippen LogP contribution in [0.5, 0.6) is 0 Å². The van der Waals surface area contributed by atoms with Gasteiger partial charge in [-0.2, -0.15) is 0 Å². The monoisotopic (exact) mass is 300 g/mol. The van der Waals surface area contributed by atoms with E-state index in [1.165, 1.54) is 16.7 Å². The number of rotatable bonds is 5. The topological polar surface area (TPSA) is 3.24 Å². The van der Waals surface area contributed by atoms with Crippen LogP contribution in [0.25, 0.3) is 0 Å². The molecule has 0 amide bonds. The molecule has 0 atom stereocenters. The molecule has 0 aliphatic carbocycles. The minimum absolute atomic E-state index is 0.247. The molecule has 115 valence electrons. The molecular formula is C22H22N. The summed E-state index contributed by atoms with van der Waals surface area (Å²) in [6.45, 7) is 4.86. The Morgan fingerprint density at radius 3 is 1.70 bits per heavy atom. The van der Waals surface area contributed by atoms with E-state index in [4.69, 9.17) is 0 Å². The van der Waals surface area contributed by atoms with E-state index in [2.05, 4.69) is 104 Å². The lowest BCUT2D eigenvalue weighted by atomic mass is 9.97. The highest BCUT2D eigenvalue weighted by Gasteiger charge is 2.19. The lowest BCUT2D eigenvalue weighted by Crippen LogP contribution is -2.25. The van der Waals surface area contributed by atoms with Crippen LogP contribution in [0.1, 0.15) is 28.3 Å². The van der Waals surface area contributed by atoms with Gasteiger partial charge < -0.3 is 0 Å². The first kappa shape index (κ1) is 15.5. The van der Waals surface area contributed by atoms with Crippen LogP contribution >= 0.6 is 0 Å². The SMILES string of the molecule is [CH2]c1ccc(CN(C)C(c2ccccc2)c2ccccc2)cc1. The summed E-state index contributed by atoms with van der Waals surface area (Å²) in [5, 5.41) is 0. The molecule has 1 radical (unpaired) electrons. The van der Waals surface area contributed by atoms with Gasteiger partial charge in [0.15, 0.2) is 0 Å². The summed E-state index contributed by atoms with van der Waals surface area (Å²) in [5.41, 5.74) is 4.99. The maximum Gasteiger partial charge on any atom is 0.0602 e. The smallest absolute Gasteiger partial charge is 0.0602 e. The van der Waals surface area contributed by atoms with Gasteiger partial charge in [0.2, 0.25) is 0 Å². The third-order valence-electron chi connectivity index (χ3n) is 4.13. The number of hydrogen-bond donors (Lipinski definition) is 0. The van der Waals surface area contributed by atoms with E-state index >= 15 is 0 Å². The molecule has 3 aromatic carbocycles. The highest BCUT2D eigenvalue weighted by Crippen LogP contribution is 2.28. The molecule has 0 spiro atoms. The summed E-state index contributed by atoms with van der Waals surface area (Å²) in [5.74, 6) is 0. The van der Waals surface area contributed by atoms with Gasteiger partial charge in [0, 0.05) is 6.54 Å². The highest BCUT2D eigenvalue weighted by molar-refractivity contribution is 5.32. The highest BCUT2D eigenvalue weighted by atomic mass is 15.1. The predicted molar refractivity (Wildman–Crippen MR) is 97.1 cm³/mol. The van der Waals surface area contributed by atoms with E-state index in [1.807, 2.05) is 0 Å². The minimum Gasteiger partial charge on any atom is -0.291 e. The van der Waals surface area contributed by atoms with E-state index in [9.17, 15) is 0 Å². The van der Waals surface area contributed by atoms with Gasteiger partial charge in [-0.3, -0.25) is 4.90 Å². The van der Waals surface area contributed by atoms with Gasteiger partial charge in [0.1, 0.15) is 0 Å². The van der Waals surface area contributed by atoms with E-state index in [0.29, 0.717) is 0 Å². The van der Waals surface area contributed by atoms with Crippen LogP contribution in [-0.4, -0.2) is 11.9 Å². The molecule has 0 saturated heterocycles. The Balaban J connectivity index is 1.90. The molecule has 0 aliphatic heterocycles. The minimum atomic E-state index is 0.247. The average Bonchev–Trinajstić information content (AvgIpc) is 2.59. The van der Waals surface area contributed by atoms with Gasteiger partial charge in [-0.25, -0.2) is 0 Å². The number of nitrogens with zero attached hydrogens (tertiary/aromatic N) is 1. The van der Waals surface area contributed by atoms with Crippen LogP contribution in [0, 0.1) is 6.92 Å². The Morgan fingerprint density at radius 1 is 0.739 bits per heavy atom. The fourth-order valence-electron chi connectivity index (χ4n) is 3.00. The zero-order valence-corrected chi connectivity index (χ0v) is 13.5. The number of hydrogen-bond acceptors (Lipinski definition) is 1. The van der Waals surface area contributed by atoms with E-state index in [0.717, 1.165) is 12.1 Å². The third kappa shape index (κ3) is 3.88. The van der Waals surface area contributed by atoms with Gasteiger partial charge in [0.25, 0.3) is 0 Å². The van der Waals surface area contributed by atoms with Crippen molar-refractivity contribution >= 4 is 0 Å². The normalized spacial score (nSPS) is 11.1. The van der Waals surface area contributed by atoms with Gasteiger partial charge in [-0.15, -0.1) is 0 Å². The van der Waals surface area contributed by atoms with E-state index in [-0.39, 0.29) is 6.04 Å². The zero-order chi connectivity index (χ0) is 16.1. The van der Waals surface area contributed by atoms with Gasteiger partial charge in [0.05, 0.1) is 6.04 Å². The second-order valence-corrected chi connectivity index (χ2v) is 5.96. The number of benzene rings is 3. The van der Waals surface area contributed by atoms with Crippen LogP contribution in [0.3, 0.4) is 0 Å². The van der Waals surface area contributed by atoms with E-state index in [1.54, 1.807) is 0 Å². The lowest BCUT2D eigenvalue weighted by Gasteiger charge is -2.29. The van der Waals surface area contributed by atoms with Crippen molar-refractivity contribution in [1.29, 1.82) is 0 Å². The predicted octanol–water partition coefficient (Wildman–Crippen LogP) is 5.09. The Bertz CT molecular complexity index is 677. The summed E-state index contributed by atoms with van der Waals surface area (Å²) in [6.07, 6.45) is 0. The third-order valence-corrected chi connectivity index (χ3v) is 4.13. The molecule has 0 aliphatic rings. The summed E-state index contributed by atoms with van der Waals surface area (Å²) in [7, 11) is 2.18. The van der Waals surface area contributed by atoms with Gasteiger partial charge in [-0.05, 0) is 36.2 Å². The second-order valence-electron chi connectivity index (χ2n) is 5.96. The van der Waals surface area contributed by atoms with Crippen molar-refractivity contribution in [2.45, 2.75) is 12.6 Å². The van der Waals surface area contributed by atoms with Crippen molar-refractivity contribution in [2.24, 2.45) is 0 Å². The Morgan fingerprint density at radius 2 is 1.22 bits per heavy atom. The molecule has 0 heterocycles. The van der Waals surface area contributed by atoms with Crippen LogP contribution in [-0.2, 0) is 6.54 Å². The summed E-state index contributed by atoms with van der Waals surface area (Å²) >= 11 is 0. The maximum atomic E-state index is 3.96. The van der Waals surface area contributed by atoms with Crippen molar-refractivity contribution in [1.82, 2.24) is 4.90 Å². The van der Waals surface area contributed by atoms with Crippen molar-refractivity contribution in [3.8, 4) is 0 Å². The van der Waals surface area contributed by atoms with Crippen molar-refractivity contribution in [3.63, 3.8) is 0 Å². The molecule has 0 saturated carbocycles. The van der Waals surface area contributed by atoms with Gasteiger partial charge in [-0.1, -0.05) is 84.9 Å². The molecule has 3 rings (SSSR count). The van der Waals surface area contributed by atoms with Crippen LogP contribution in [0.2, 0.25) is 0 Å². The zero-order valence-electron chi connectivity index (χ0n) is 13.5. The fraction of sp³-hybridized carbons (Fsp3) is 0.136. The Kier molecular flexibility index (Phi) is 4.89. The fourth-order valence-corrected chi connectivity index (χ4v) is 3.00. The van der Waals surface area contributed by atoms with Crippen LogP contribution in [0.15, 0.2) is 84.9 Å². The first-order valence-corrected chi connectivity index (χ1v) is 7.95. The first-order valence-electron chi connectivity index (χ1n) is 7.95. The summed E-state index contributed by atoms with van der Waals surface area (Å²) in [4.78, 5) is 2.39. The molecule has 1 heteroatoms. The largest absolute Gasteiger partial charge is 0.291 e. The van der Waals surface area contributed by atoms with Crippen LogP contribution in [0.4, 0.5) is 0 Å². The Hall–Kier alpha value is -2.38.